The van der Waals surface area contributed by atoms with Crippen LogP contribution in [0.3, 0.4) is 0 Å². The molecule has 1 aliphatic heterocycles. The molecule has 9 heteroatoms. The van der Waals surface area contributed by atoms with Gasteiger partial charge in [-0.15, -0.1) is 0 Å². The van der Waals surface area contributed by atoms with Crippen molar-refractivity contribution in [2.24, 2.45) is 0 Å². The number of benzene rings is 2. The van der Waals surface area contributed by atoms with Crippen molar-refractivity contribution >= 4 is 11.8 Å². The lowest BCUT2D eigenvalue weighted by Crippen LogP contribution is -2.57. The van der Waals surface area contributed by atoms with Crippen LogP contribution in [-0.2, 0) is 11.2 Å². The molecule has 0 spiro atoms. The monoisotopic (exact) mass is 573 g/mol. The Morgan fingerprint density at radius 1 is 1.02 bits per heavy atom. The normalized spacial score (nSPS) is 18.5. The Balaban J connectivity index is 1.87. The van der Waals surface area contributed by atoms with Gasteiger partial charge in [-0.25, -0.2) is 8.78 Å². The molecule has 2 aromatic carbocycles. The van der Waals surface area contributed by atoms with Crippen LogP contribution in [0.1, 0.15) is 84.7 Å². The molecular weight excluding hydrogens is 528 g/mol. The second-order valence-corrected chi connectivity index (χ2v) is 11.0. The van der Waals surface area contributed by atoms with E-state index in [0.717, 1.165) is 37.3 Å². The third kappa shape index (κ3) is 9.58. The number of ether oxygens (including phenoxy) is 1. The Hall–Kier alpha value is -2.88. The number of carbonyl (C=O) groups excluding carboxylic acids is 2. The number of piperidine rings is 1. The van der Waals surface area contributed by atoms with Crippen LogP contribution >= 0.6 is 0 Å². The standard InChI is InChI=1S/C32H45F2N3O4/c1-5-10-37(11-6-2)32(40)24-14-21(4)13-23(18-24)31(39)36-29(17-22-15-25(33)19-26(34)16-22)30(38)28-20-27(8-9-35-28)41-12-7-3/h13-16,18-19,27-30,35,38H,5-12,17,20H2,1-4H3,(H,36,39)/t27-,28?,29-,30+/m0/s1. The molecule has 3 N–H and O–H groups in total. The fraction of sp³-hybridized carbons (Fsp3) is 0.562. The third-order valence-electron chi connectivity index (χ3n) is 7.33. The Kier molecular flexibility index (Phi) is 12.7. The average Bonchev–Trinajstić information content (AvgIpc) is 2.94. The Morgan fingerprint density at radius 2 is 1.68 bits per heavy atom. The Morgan fingerprint density at radius 3 is 2.32 bits per heavy atom. The highest BCUT2D eigenvalue weighted by atomic mass is 19.1. The first-order valence-corrected chi connectivity index (χ1v) is 14.8. The molecule has 2 aromatic rings. The van der Waals surface area contributed by atoms with E-state index in [1.165, 1.54) is 12.1 Å². The van der Waals surface area contributed by atoms with Crippen molar-refractivity contribution in [3.8, 4) is 0 Å². The second-order valence-electron chi connectivity index (χ2n) is 11.0. The molecule has 0 bridgehead atoms. The molecule has 1 heterocycles. The number of nitrogens with zero attached hydrogens (tertiary/aromatic N) is 1. The second kappa shape index (κ2) is 15.9. The van der Waals surface area contributed by atoms with E-state index < -0.39 is 29.7 Å². The van der Waals surface area contributed by atoms with Crippen LogP contribution < -0.4 is 10.6 Å². The van der Waals surface area contributed by atoms with E-state index >= 15 is 0 Å². The zero-order valence-corrected chi connectivity index (χ0v) is 24.7. The maximum Gasteiger partial charge on any atom is 0.253 e. The van der Waals surface area contributed by atoms with Gasteiger partial charge in [-0.2, -0.15) is 0 Å². The summed E-state index contributed by atoms with van der Waals surface area (Å²) < 4.78 is 34.0. The predicted molar refractivity (Wildman–Crippen MR) is 156 cm³/mol. The van der Waals surface area contributed by atoms with Crippen molar-refractivity contribution in [2.45, 2.75) is 90.5 Å². The van der Waals surface area contributed by atoms with Gasteiger partial charge in [0.05, 0.1) is 18.2 Å². The quantitative estimate of drug-likeness (QED) is 0.303. The van der Waals surface area contributed by atoms with Crippen LogP contribution in [0.2, 0.25) is 0 Å². The van der Waals surface area contributed by atoms with E-state index in [4.69, 9.17) is 4.74 Å². The number of nitrogens with one attached hydrogen (secondary N) is 2. The summed E-state index contributed by atoms with van der Waals surface area (Å²) in [6, 6.07) is 6.98. The first kappa shape index (κ1) is 32.6. The van der Waals surface area contributed by atoms with Crippen molar-refractivity contribution in [3.05, 3.63) is 70.3 Å². The minimum atomic E-state index is -1.06. The number of carbonyl (C=O) groups is 2. The predicted octanol–water partition coefficient (Wildman–Crippen LogP) is 4.78. The molecule has 3 rings (SSSR count). The summed E-state index contributed by atoms with van der Waals surface area (Å²) in [5, 5.41) is 17.7. The van der Waals surface area contributed by atoms with Gasteiger partial charge in [-0.05, 0) is 93.5 Å². The maximum atomic E-state index is 14.0. The van der Waals surface area contributed by atoms with Crippen LogP contribution in [0.5, 0.6) is 0 Å². The molecule has 7 nitrogen and oxygen atoms in total. The number of aryl methyl sites for hydroxylation is 1. The number of aliphatic hydroxyl groups excluding tert-OH is 1. The summed E-state index contributed by atoms with van der Waals surface area (Å²) in [6.07, 6.45) is 2.80. The molecule has 226 valence electrons. The SMILES string of the molecule is CCCO[C@H]1CCNC([C@@H](O)[C@H](Cc2cc(F)cc(F)c2)NC(=O)c2cc(C)cc(C(=O)N(CCC)CCC)c2)C1. The van der Waals surface area contributed by atoms with Gasteiger partial charge in [0.2, 0.25) is 0 Å². The number of hydrogen-bond acceptors (Lipinski definition) is 5. The molecule has 0 radical (unpaired) electrons. The molecule has 0 aliphatic carbocycles. The molecular formula is C32H45F2N3O4. The van der Waals surface area contributed by atoms with E-state index in [0.29, 0.717) is 43.8 Å². The van der Waals surface area contributed by atoms with Gasteiger partial charge in [0.15, 0.2) is 0 Å². The molecule has 1 unspecified atom stereocenters. The van der Waals surface area contributed by atoms with Crippen molar-refractivity contribution in [1.29, 1.82) is 0 Å². The van der Waals surface area contributed by atoms with Crippen molar-refractivity contribution < 1.29 is 28.2 Å². The van der Waals surface area contributed by atoms with Crippen LogP contribution in [0, 0.1) is 18.6 Å². The lowest BCUT2D eigenvalue weighted by molar-refractivity contribution is -0.00737. The summed E-state index contributed by atoms with van der Waals surface area (Å²) in [6.45, 7) is 10.4. The van der Waals surface area contributed by atoms with Crippen LogP contribution in [0.4, 0.5) is 8.78 Å². The van der Waals surface area contributed by atoms with E-state index in [1.807, 2.05) is 27.7 Å². The molecule has 41 heavy (non-hydrogen) atoms. The minimum absolute atomic E-state index is 0.0125. The topological polar surface area (TPSA) is 90.9 Å². The van der Waals surface area contributed by atoms with E-state index in [2.05, 4.69) is 10.6 Å². The van der Waals surface area contributed by atoms with E-state index in [-0.39, 0.29) is 30.0 Å². The van der Waals surface area contributed by atoms with Crippen molar-refractivity contribution in [2.75, 3.05) is 26.2 Å². The number of halogens is 2. The van der Waals surface area contributed by atoms with Gasteiger partial charge in [0.1, 0.15) is 11.6 Å². The van der Waals surface area contributed by atoms with Gasteiger partial charge in [-0.1, -0.05) is 20.8 Å². The molecule has 1 fully saturated rings. The van der Waals surface area contributed by atoms with E-state index in [1.54, 1.807) is 23.1 Å². The van der Waals surface area contributed by atoms with Crippen molar-refractivity contribution in [3.63, 3.8) is 0 Å². The first-order chi connectivity index (χ1) is 19.6. The van der Waals surface area contributed by atoms with Gasteiger partial charge in [-0.3, -0.25) is 9.59 Å². The van der Waals surface area contributed by atoms with Crippen LogP contribution in [-0.4, -0.2) is 72.4 Å². The van der Waals surface area contributed by atoms with Gasteiger partial charge in [0, 0.05) is 42.9 Å². The third-order valence-corrected chi connectivity index (χ3v) is 7.33. The Labute approximate surface area is 242 Å². The number of hydrogen-bond donors (Lipinski definition) is 3. The smallest absolute Gasteiger partial charge is 0.253 e. The largest absolute Gasteiger partial charge is 0.389 e. The number of rotatable bonds is 14. The lowest BCUT2D eigenvalue weighted by Gasteiger charge is -2.37. The summed E-state index contributed by atoms with van der Waals surface area (Å²) in [4.78, 5) is 28.6. The average molecular weight is 574 g/mol. The molecule has 1 aliphatic rings. The summed E-state index contributed by atoms with van der Waals surface area (Å²) in [5.41, 5.74) is 1.77. The zero-order chi connectivity index (χ0) is 29.9. The molecule has 0 saturated carbocycles. The molecule has 0 aromatic heterocycles. The molecule has 4 atom stereocenters. The van der Waals surface area contributed by atoms with Gasteiger partial charge >= 0.3 is 0 Å². The minimum Gasteiger partial charge on any atom is -0.389 e. The molecule has 1 saturated heterocycles. The maximum absolute atomic E-state index is 14.0. The highest BCUT2D eigenvalue weighted by molar-refractivity contribution is 6.00. The number of aliphatic hydroxyl groups is 1. The fourth-order valence-electron chi connectivity index (χ4n) is 5.46. The summed E-state index contributed by atoms with van der Waals surface area (Å²) in [7, 11) is 0. The zero-order valence-electron chi connectivity index (χ0n) is 24.7. The lowest BCUT2D eigenvalue weighted by atomic mass is 9.90. The Bertz CT molecular complexity index is 1140. The van der Waals surface area contributed by atoms with Crippen LogP contribution in [0.25, 0.3) is 0 Å². The number of amides is 2. The fourth-order valence-corrected chi connectivity index (χ4v) is 5.46. The summed E-state index contributed by atoms with van der Waals surface area (Å²) in [5.74, 6) is -2.07. The van der Waals surface area contributed by atoms with Crippen molar-refractivity contribution in [1.82, 2.24) is 15.5 Å². The first-order valence-electron chi connectivity index (χ1n) is 14.8. The van der Waals surface area contributed by atoms with Gasteiger partial charge in [0.25, 0.3) is 11.8 Å². The van der Waals surface area contributed by atoms with Crippen LogP contribution in [0.15, 0.2) is 36.4 Å². The van der Waals surface area contributed by atoms with E-state index in [9.17, 15) is 23.5 Å². The van der Waals surface area contributed by atoms with Gasteiger partial charge < -0.3 is 25.4 Å². The highest BCUT2D eigenvalue weighted by Crippen LogP contribution is 2.21. The molecule has 2 amide bonds. The highest BCUT2D eigenvalue weighted by Gasteiger charge is 2.34. The summed E-state index contributed by atoms with van der Waals surface area (Å²) >= 11 is 0.